The van der Waals surface area contributed by atoms with Gasteiger partial charge in [0.05, 0.1) is 5.54 Å². The van der Waals surface area contributed by atoms with Crippen molar-refractivity contribution in [2.75, 3.05) is 78.5 Å². The first-order valence-electron chi connectivity index (χ1n) is 23.7. The molecular weight excluding hydrogens is 771 g/mol. The maximum Gasteiger partial charge on any atom is 0.410 e. The molecule has 4 aliphatic rings. The Bertz CT molecular complexity index is 1290. The zero-order chi connectivity index (χ0) is 47.3. The van der Waals surface area contributed by atoms with E-state index < -0.39 is 16.8 Å². The van der Waals surface area contributed by atoms with Crippen LogP contribution in [0.15, 0.2) is 0 Å². The van der Waals surface area contributed by atoms with Crippen molar-refractivity contribution in [2.24, 2.45) is 5.92 Å². The second-order valence-corrected chi connectivity index (χ2v) is 22.6. The van der Waals surface area contributed by atoms with Crippen LogP contribution in [-0.4, -0.2) is 184 Å². The number of piperazine rings is 3. The molecule has 13 nitrogen and oxygen atoms in total. The average Bonchev–Trinajstić information content (AvgIpc) is 3.09. The fraction of sp³-hybridized carbons (Fsp3) is 0.938. The van der Waals surface area contributed by atoms with Gasteiger partial charge in [0.15, 0.2) is 0 Å². The molecule has 2 unspecified atom stereocenters. The molecule has 4 aliphatic heterocycles. The number of likely N-dealkylation sites (tertiary alicyclic amines) is 1. The lowest BCUT2D eigenvalue weighted by Gasteiger charge is -2.48. The molecule has 0 aromatic heterocycles. The van der Waals surface area contributed by atoms with E-state index in [0.717, 1.165) is 77.4 Å². The molecule has 4 fully saturated rings. The predicted octanol–water partition coefficient (Wildman–Crippen LogP) is 9.14. The minimum atomic E-state index is -0.428. The lowest BCUT2D eigenvalue weighted by Crippen LogP contribution is -2.62. The summed E-state index contributed by atoms with van der Waals surface area (Å²) in [6, 6.07) is 2.59. The number of carbonyl (C=O) groups is 3. The highest BCUT2D eigenvalue weighted by Gasteiger charge is 2.39. The van der Waals surface area contributed by atoms with E-state index in [9.17, 15) is 14.4 Å². The number of rotatable bonds is 4. The van der Waals surface area contributed by atoms with Crippen LogP contribution in [0.4, 0.5) is 14.4 Å². The first kappa shape index (κ1) is 56.7. The number of hydrogen-bond acceptors (Lipinski definition) is 10. The van der Waals surface area contributed by atoms with Gasteiger partial charge in [-0.3, -0.25) is 14.7 Å². The summed E-state index contributed by atoms with van der Waals surface area (Å²) >= 11 is 0. The van der Waals surface area contributed by atoms with Crippen molar-refractivity contribution in [3.8, 4) is 0 Å². The second kappa shape index (κ2) is 24.6. The Morgan fingerprint density at radius 2 is 0.918 bits per heavy atom. The lowest BCUT2D eigenvalue weighted by atomic mass is 9.98. The van der Waals surface area contributed by atoms with Crippen molar-refractivity contribution in [3.05, 3.63) is 0 Å². The molecule has 0 saturated carbocycles. The van der Waals surface area contributed by atoms with E-state index in [-0.39, 0.29) is 29.9 Å². The summed E-state index contributed by atoms with van der Waals surface area (Å²) < 4.78 is 16.2. The van der Waals surface area contributed by atoms with Crippen LogP contribution in [0.2, 0.25) is 0 Å². The molecule has 4 saturated heterocycles. The van der Waals surface area contributed by atoms with Crippen LogP contribution in [0.3, 0.4) is 0 Å². The summed E-state index contributed by atoms with van der Waals surface area (Å²) in [6.07, 6.45) is 2.27. The van der Waals surface area contributed by atoms with Crippen LogP contribution in [0.5, 0.6) is 0 Å². The number of amides is 3. The minimum absolute atomic E-state index is 0.176. The van der Waals surface area contributed by atoms with Crippen molar-refractivity contribution in [3.63, 3.8) is 0 Å². The third kappa shape index (κ3) is 22.2. The van der Waals surface area contributed by atoms with E-state index in [1.54, 1.807) is 4.90 Å². The molecule has 4 rings (SSSR count). The Balaban J connectivity index is 0.000000414. The molecule has 4 heterocycles. The monoisotopic (exact) mass is 868 g/mol. The SMILES string of the molecule is CC(C)N1CCN(C(=O)OC(C)(C)C)C(C)(C)C1.CC(C)N1CCN(C(=O)OC(C)(C)C)C(C)C1.CC(C)N1CCN(C(=O)OC(C)(C)C)CC1.CC1CCCN(C(C)C)C1. The van der Waals surface area contributed by atoms with E-state index in [0.29, 0.717) is 18.1 Å². The minimum Gasteiger partial charge on any atom is -0.444 e. The zero-order valence-electron chi connectivity index (χ0n) is 43.4. The Labute approximate surface area is 375 Å². The highest BCUT2D eigenvalue weighted by Crippen LogP contribution is 2.25. The third-order valence-corrected chi connectivity index (χ3v) is 11.4. The molecule has 0 aromatic carbocycles. The molecule has 61 heavy (non-hydrogen) atoms. The van der Waals surface area contributed by atoms with Gasteiger partial charge < -0.3 is 33.8 Å². The van der Waals surface area contributed by atoms with Gasteiger partial charge in [0.25, 0.3) is 0 Å². The van der Waals surface area contributed by atoms with Crippen LogP contribution >= 0.6 is 0 Å². The summed E-state index contributed by atoms with van der Waals surface area (Å²) in [6.45, 7) is 54.7. The molecule has 3 amide bonds. The van der Waals surface area contributed by atoms with Crippen molar-refractivity contribution < 1.29 is 28.6 Å². The number of piperidine rings is 1. The molecule has 0 spiro atoms. The predicted molar refractivity (Wildman–Crippen MR) is 252 cm³/mol. The number of hydrogen-bond donors (Lipinski definition) is 0. The summed E-state index contributed by atoms with van der Waals surface area (Å²) in [5.74, 6) is 0.927. The van der Waals surface area contributed by atoms with Gasteiger partial charge in [-0.1, -0.05) is 6.92 Å². The first-order valence-corrected chi connectivity index (χ1v) is 23.7. The van der Waals surface area contributed by atoms with E-state index in [1.165, 1.54) is 25.9 Å². The maximum atomic E-state index is 12.2. The lowest BCUT2D eigenvalue weighted by molar-refractivity contribution is -0.0284. The topological polar surface area (TPSA) is 102 Å². The van der Waals surface area contributed by atoms with E-state index in [2.05, 4.69) is 103 Å². The Kier molecular flexibility index (Phi) is 22.9. The molecule has 360 valence electrons. The van der Waals surface area contributed by atoms with Crippen molar-refractivity contribution in [1.82, 2.24) is 34.3 Å². The van der Waals surface area contributed by atoms with Gasteiger partial charge in [0.2, 0.25) is 0 Å². The normalized spacial score (nSPS) is 22.5. The van der Waals surface area contributed by atoms with Crippen LogP contribution in [0, 0.1) is 5.92 Å². The highest BCUT2D eigenvalue weighted by molar-refractivity contribution is 5.70. The fourth-order valence-corrected chi connectivity index (χ4v) is 7.78. The van der Waals surface area contributed by atoms with Crippen LogP contribution in [0.1, 0.15) is 158 Å². The zero-order valence-corrected chi connectivity index (χ0v) is 43.4. The largest absolute Gasteiger partial charge is 0.444 e. The fourth-order valence-electron chi connectivity index (χ4n) is 7.78. The average molecular weight is 868 g/mol. The first-order chi connectivity index (χ1) is 27.7. The molecule has 0 aromatic rings. The van der Waals surface area contributed by atoms with Gasteiger partial charge in [0.1, 0.15) is 16.8 Å². The second-order valence-electron chi connectivity index (χ2n) is 22.6. The van der Waals surface area contributed by atoms with Crippen molar-refractivity contribution in [2.45, 2.75) is 211 Å². The Hall–Kier alpha value is -2.35. The van der Waals surface area contributed by atoms with Crippen LogP contribution in [0.25, 0.3) is 0 Å². The molecular formula is C48H97N7O6. The number of carbonyl (C=O) groups excluding carboxylic acids is 3. The highest BCUT2D eigenvalue weighted by atomic mass is 16.6. The van der Waals surface area contributed by atoms with Gasteiger partial charge in [-0.15, -0.1) is 0 Å². The summed E-state index contributed by atoms with van der Waals surface area (Å²) in [5.41, 5.74) is -1.41. The van der Waals surface area contributed by atoms with Gasteiger partial charge >= 0.3 is 18.3 Å². The summed E-state index contributed by atoms with van der Waals surface area (Å²) in [5, 5.41) is 0. The van der Waals surface area contributed by atoms with Gasteiger partial charge in [-0.25, -0.2) is 14.4 Å². The van der Waals surface area contributed by atoms with Crippen LogP contribution < -0.4 is 0 Å². The van der Waals surface area contributed by atoms with Gasteiger partial charge in [-0.05, 0) is 164 Å². The standard InChI is InChI=1S/C14H28N2O2.C13H26N2O2.C12H24N2O2.C9H19N/c1-11(2)15-8-9-16(14(6,7)10-15)12(17)18-13(3,4)5;1-10(2)14-7-8-15(11(3)9-14)12(16)17-13(4,5)6;1-10(2)13-6-8-14(9-7-13)11(15)16-12(3,4)5;1-8(2)10-6-4-5-9(3)7-10/h11H,8-10H2,1-7H3;10-11H,7-9H2,1-6H3;10H,6-9H2,1-5H3;8-9H,4-7H2,1-3H3. The maximum absolute atomic E-state index is 12.2. The molecule has 0 N–H and O–H groups in total. The Morgan fingerprint density at radius 1 is 0.508 bits per heavy atom. The molecule has 2 atom stereocenters. The third-order valence-electron chi connectivity index (χ3n) is 11.4. The Morgan fingerprint density at radius 3 is 1.31 bits per heavy atom. The summed E-state index contributed by atoms with van der Waals surface area (Å²) in [7, 11) is 0. The molecule has 0 radical (unpaired) electrons. The quantitative estimate of drug-likeness (QED) is 0.255. The van der Waals surface area contributed by atoms with Crippen molar-refractivity contribution in [1.29, 1.82) is 0 Å². The van der Waals surface area contributed by atoms with Crippen LogP contribution in [-0.2, 0) is 14.2 Å². The van der Waals surface area contributed by atoms with Crippen molar-refractivity contribution >= 4 is 18.3 Å². The van der Waals surface area contributed by atoms with E-state index in [1.807, 2.05) is 72.1 Å². The summed E-state index contributed by atoms with van der Waals surface area (Å²) in [4.78, 5) is 51.2. The van der Waals surface area contributed by atoms with Gasteiger partial charge in [-0.2, -0.15) is 0 Å². The van der Waals surface area contributed by atoms with E-state index in [4.69, 9.17) is 14.2 Å². The molecule has 0 aliphatic carbocycles. The molecule has 13 heteroatoms. The smallest absolute Gasteiger partial charge is 0.410 e. The van der Waals surface area contributed by atoms with Gasteiger partial charge in [0, 0.05) is 102 Å². The molecule has 0 bridgehead atoms. The van der Waals surface area contributed by atoms with E-state index >= 15 is 0 Å². The number of ether oxygens (including phenoxy) is 3. The number of nitrogens with zero attached hydrogens (tertiary/aromatic N) is 7.